The second-order valence-corrected chi connectivity index (χ2v) is 8.86. The fourth-order valence-corrected chi connectivity index (χ4v) is 4.61. The average molecular weight is 477 g/mol. The fraction of sp³-hybridized carbons (Fsp3) is 0.167. The molecule has 7 nitrogen and oxygen atoms in total. The first-order valence-corrected chi connectivity index (χ1v) is 11.6. The monoisotopic (exact) mass is 476 g/mol. The molecule has 166 valence electrons. The van der Waals surface area contributed by atoms with Crippen LogP contribution in [0.3, 0.4) is 0 Å². The topological polar surface area (TPSA) is 77.2 Å². The maximum Gasteiger partial charge on any atom is 0.249 e. The molecule has 2 aromatic carbocycles. The summed E-state index contributed by atoms with van der Waals surface area (Å²) in [6.07, 6.45) is 0.672. The lowest BCUT2D eigenvalue weighted by molar-refractivity contribution is 0.415. The van der Waals surface area contributed by atoms with Crippen molar-refractivity contribution in [3.05, 3.63) is 81.6 Å². The van der Waals surface area contributed by atoms with Crippen molar-refractivity contribution in [2.45, 2.75) is 20.3 Å². The minimum Gasteiger partial charge on any atom is -0.497 e. The van der Waals surface area contributed by atoms with Crippen molar-refractivity contribution in [2.24, 2.45) is 0 Å². The molecular weight excluding hydrogens is 456 g/mol. The van der Waals surface area contributed by atoms with Gasteiger partial charge >= 0.3 is 0 Å². The number of anilines is 2. The third-order valence-corrected chi connectivity index (χ3v) is 6.39. The predicted molar refractivity (Wildman–Crippen MR) is 132 cm³/mol. The zero-order valence-corrected chi connectivity index (χ0v) is 19.9. The van der Waals surface area contributed by atoms with Gasteiger partial charge in [0.1, 0.15) is 17.4 Å². The van der Waals surface area contributed by atoms with Crippen molar-refractivity contribution in [1.82, 2.24) is 24.6 Å². The SMILES string of the molecule is COc1ccc(-c2csc3nc(Nc4nc(C)nc(C)c4Cc4ccc(Cl)cc4)nn23)cc1. The Hall–Kier alpha value is -3.49. The normalized spacial score (nSPS) is 11.2. The van der Waals surface area contributed by atoms with Crippen LogP contribution in [0.1, 0.15) is 22.6 Å². The third kappa shape index (κ3) is 4.40. The van der Waals surface area contributed by atoms with Gasteiger partial charge in [-0.15, -0.1) is 16.4 Å². The number of methoxy groups -OCH3 is 1. The second-order valence-electron chi connectivity index (χ2n) is 7.59. The van der Waals surface area contributed by atoms with E-state index in [9.17, 15) is 0 Å². The van der Waals surface area contributed by atoms with Gasteiger partial charge in [-0.2, -0.15) is 4.98 Å². The predicted octanol–water partition coefficient (Wildman–Crippen LogP) is 5.86. The minimum absolute atomic E-state index is 0.492. The van der Waals surface area contributed by atoms with Crippen LogP contribution < -0.4 is 10.1 Å². The van der Waals surface area contributed by atoms with Gasteiger partial charge in [-0.25, -0.2) is 14.5 Å². The van der Waals surface area contributed by atoms with Crippen LogP contribution in [0.15, 0.2) is 53.9 Å². The molecule has 0 atom stereocenters. The molecule has 9 heteroatoms. The molecule has 0 aliphatic rings. The Labute approximate surface area is 200 Å². The van der Waals surface area contributed by atoms with Crippen molar-refractivity contribution in [1.29, 1.82) is 0 Å². The highest BCUT2D eigenvalue weighted by molar-refractivity contribution is 7.15. The van der Waals surface area contributed by atoms with E-state index >= 15 is 0 Å². The molecule has 1 N–H and O–H groups in total. The third-order valence-electron chi connectivity index (χ3n) is 5.32. The van der Waals surface area contributed by atoms with Gasteiger partial charge in [0.15, 0.2) is 0 Å². The second kappa shape index (κ2) is 8.80. The van der Waals surface area contributed by atoms with E-state index in [1.165, 1.54) is 11.3 Å². The first-order valence-electron chi connectivity index (χ1n) is 10.3. The van der Waals surface area contributed by atoms with Crippen molar-refractivity contribution in [3.8, 4) is 17.0 Å². The maximum atomic E-state index is 6.04. The van der Waals surface area contributed by atoms with Crippen LogP contribution in [0.2, 0.25) is 5.02 Å². The molecule has 0 aliphatic heterocycles. The van der Waals surface area contributed by atoms with Crippen LogP contribution in [0.25, 0.3) is 16.2 Å². The van der Waals surface area contributed by atoms with Crippen molar-refractivity contribution in [2.75, 3.05) is 12.4 Å². The molecule has 0 radical (unpaired) electrons. The van der Waals surface area contributed by atoms with Gasteiger partial charge in [0, 0.05) is 33.6 Å². The standard InChI is InChI=1S/C24H21ClN6OS/c1-14-20(12-16-4-8-18(25)9-5-16)22(27-15(2)26-14)28-23-29-24-31(30-23)21(13-33-24)17-6-10-19(32-3)11-7-17/h4-11,13H,12H2,1-3H3,(H,26,27,28,30). The number of rotatable bonds is 6. The number of hydrogen-bond donors (Lipinski definition) is 1. The molecule has 0 amide bonds. The summed E-state index contributed by atoms with van der Waals surface area (Å²) in [7, 11) is 1.66. The van der Waals surface area contributed by atoms with E-state index in [0.29, 0.717) is 29.0 Å². The Morgan fingerprint density at radius 3 is 2.48 bits per heavy atom. The van der Waals surface area contributed by atoms with Crippen LogP contribution in [0, 0.1) is 13.8 Å². The summed E-state index contributed by atoms with van der Waals surface area (Å²) >= 11 is 7.58. The smallest absolute Gasteiger partial charge is 0.249 e. The van der Waals surface area contributed by atoms with Gasteiger partial charge in [-0.1, -0.05) is 23.7 Å². The lowest BCUT2D eigenvalue weighted by atomic mass is 10.0. The molecule has 0 aliphatic carbocycles. The quantitative estimate of drug-likeness (QED) is 0.330. The van der Waals surface area contributed by atoms with Crippen LogP contribution in [0.5, 0.6) is 5.75 Å². The molecule has 0 bridgehead atoms. The van der Waals surface area contributed by atoms with Gasteiger partial charge < -0.3 is 10.1 Å². The number of thiazole rings is 1. The number of benzene rings is 2. The molecule has 5 rings (SSSR count). The summed E-state index contributed by atoms with van der Waals surface area (Å²) in [5.74, 6) is 2.70. The maximum absolute atomic E-state index is 6.04. The van der Waals surface area contributed by atoms with Crippen LogP contribution in [-0.4, -0.2) is 31.7 Å². The first kappa shape index (κ1) is 21.4. The Kier molecular flexibility index (Phi) is 5.70. The molecule has 3 aromatic heterocycles. The lowest BCUT2D eigenvalue weighted by Gasteiger charge is -2.12. The number of fused-ring (bicyclic) bond motifs is 1. The molecule has 0 saturated carbocycles. The Bertz CT molecular complexity index is 1430. The van der Waals surface area contributed by atoms with E-state index in [-0.39, 0.29) is 0 Å². The number of hydrogen-bond acceptors (Lipinski definition) is 7. The van der Waals surface area contributed by atoms with Gasteiger partial charge in [-0.3, -0.25) is 0 Å². The van der Waals surface area contributed by atoms with Gasteiger partial charge in [0.25, 0.3) is 0 Å². The van der Waals surface area contributed by atoms with Crippen molar-refractivity contribution < 1.29 is 4.74 Å². The number of aryl methyl sites for hydroxylation is 2. The fourth-order valence-electron chi connectivity index (χ4n) is 3.66. The number of nitrogens with one attached hydrogen (secondary N) is 1. The minimum atomic E-state index is 0.492. The number of nitrogens with zero attached hydrogens (tertiary/aromatic N) is 5. The zero-order valence-electron chi connectivity index (χ0n) is 18.3. The summed E-state index contributed by atoms with van der Waals surface area (Å²) in [6, 6.07) is 15.7. The molecule has 0 spiro atoms. The lowest BCUT2D eigenvalue weighted by Crippen LogP contribution is -2.07. The first-order chi connectivity index (χ1) is 16.0. The summed E-state index contributed by atoms with van der Waals surface area (Å²) in [5, 5.41) is 10.8. The molecule has 0 unspecified atom stereocenters. The number of aromatic nitrogens is 5. The van der Waals surface area contributed by atoms with Crippen molar-refractivity contribution >= 4 is 39.7 Å². The van der Waals surface area contributed by atoms with E-state index < -0.39 is 0 Å². The van der Waals surface area contributed by atoms with E-state index in [1.807, 2.05) is 72.3 Å². The van der Waals surface area contributed by atoms with Gasteiger partial charge in [0.05, 0.1) is 12.8 Å². The van der Waals surface area contributed by atoms with E-state index in [2.05, 4.69) is 20.3 Å². The molecular formula is C24H21ClN6OS. The van der Waals surface area contributed by atoms with Crippen molar-refractivity contribution in [3.63, 3.8) is 0 Å². The average Bonchev–Trinajstić information content (AvgIpc) is 3.38. The van der Waals surface area contributed by atoms with E-state index in [0.717, 1.165) is 38.8 Å². The number of halogens is 1. The summed E-state index contributed by atoms with van der Waals surface area (Å²) in [4.78, 5) is 14.7. The summed E-state index contributed by atoms with van der Waals surface area (Å²) < 4.78 is 7.10. The highest BCUT2D eigenvalue weighted by Crippen LogP contribution is 2.29. The Morgan fingerprint density at radius 2 is 1.76 bits per heavy atom. The highest BCUT2D eigenvalue weighted by atomic mass is 35.5. The van der Waals surface area contributed by atoms with Crippen LogP contribution >= 0.6 is 22.9 Å². The molecule has 0 fully saturated rings. The molecule has 3 heterocycles. The molecule has 5 aromatic rings. The highest BCUT2D eigenvalue weighted by Gasteiger charge is 2.16. The van der Waals surface area contributed by atoms with Gasteiger partial charge in [-0.05, 0) is 55.8 Å². The van der Waals surface area contributed by atoms with Crippen LogP contribution in [-0.2, 0) is 6.42 Å². The largest absolute Gasteiger partial charge is 0.497 e. The summed E-state index contributed by atoms with van der Waals surface area (Å²) in [5.41, 5.74) is 5.04. The number of ether oxygens (including phenoxy) is 1. The van der Waals surface area contributed by atoms with E-state index in [1.54, 1.807) is 7.11 Å². The van der Waals surface area contributed by atoms with Gasteiger partial charge in [0.2, 0.25) is 10.9 Å². The zero-order chi connectivity index (χ0) is 22.9. The summed E-state index contributed by atoms with van der Waals surface area (Å²) in [6.45, 7) is 3.87. The Balaban J connectivity index is 1.48. The van der Waals surface area contributed by atoms with Crippen LogP contribution in [0.4, 0.5) is 11.8 Å². The molecule has 0 saturated heterocycles. The Morgan fingerprint density at radius 1 is 1.00 bits per heavy atom. The molecule has 33 heavy (non-hydrogen) atoms. The van der Waals surface area contributed by atoms with E-state index in [4.69, 9.17) is 21.4 Å².